The lowest BCUT2D eigenvalue weighted by Crippen LogP contribution is -2.41. The third-order valence-electron chi connectivity index (χ3n) is 6.26. The van der Waals surface area contributed by atoms with Gasteiger partial charge in [-0.2, -0.15) is 0 Å². The Morgan fingerprint density at radius 1 is 1.07 bits per heavy atom. The molecule has 0 radical (unpaired) electrons. The second-order valence-corrected chi connectivity index (χ2v) is 9.20. The lowest BCUT2D eigenvalue weighted by molar-refractivity contribution is 0.189. The van der Waals surface area contributed by atoms with Crippen molar-refractivity contribution in [2.24, 2.45) is 5.92 Å². The van der Waals surface area contributed by atoms with Crippen molar-refractivity contribution in [2.75, 3.05) is 11.4 Å². The highest BCUT2D eigenvalue weighted by atomic mass is 35.5. The largest absolute Gasteiger partial charge is 0.325 e. The summed E-state index contributed by atoms with van der Waals surface area (Å²) < 4.78 is 27.4. The molecule has 0 aromatic heterocycles. The summed E-state index contributed by atoms with van der Waals surface area (Å²) in [7, 11) is 0. The Morgan fingerprint density at radius 3 is 2.43 bits per heavy atom. The van der Waals surface area contributed by atoms with E-state index in [9.17, 15) is 13.6 Å². The summed E-state index contributed by atoms with van der Waals surface area (Å²) in [5.74, 6) is -0.365. The molecule has 1 aliphatic heterocycles. The molecule has 1 saturated carbocycles. The molecule has 160 valence electrons. The van der Waals surface area contributed by atoms with Gasteiger partial charge in [0.15, 0.2) is 0 Å². The van der Waals surface area contributed by atoms with E-state index in [1.54, 1.807) is 11.0 Å². The Hall–Kier alpha value is -2.14. The van der Waals surface area contributed by atoms with Gasteiger partial charge in [-0.25, -0.2) is 13.6 Å². The first-order chi connectivity index (χ1) is 14.4. The fraction of sp³-hybridized carbons (Fsp3) is 0.458. The van der Waals surface area contributed by atoms with Gasteiger partial charge in [0.05, 0.1) is 17.1 Å². The van der Waals surface area contributed by atoms with Crippen LogP contribution in [0.3, 0.4) is 0 Å². The van der Waals surface area contributed by atoms with Crippen LogP contribution in [0.25, 0.3) is 0 Å². The molecule has 1 aliphatic carbocycles. The molecule has 1 saturated heterocycles. The number of nitrogens with zero attached hydrogens (tertiary/aromatic N) is 2. The molecule has 0 bridgehead atoms. The van der Waals surface area contributed by atoms with Crippen molar-refractivity contribution in [1.29, 1.82) is 0 Å². The molecule has 2 aromatic rings. The summed E-state index contributed by atoms with van der Waals surface area (Å²) in [6.45, 7) is 4.88. The fourth-order valence-electron chi connectivity index (χ4n) is 5.03. The average Bonchev–Trinajstić information content (AvgIpc) is 2.85. The predicted molar refractivity (Wildman–Crippen MR) is 116 cm³/mol. The maximum atomic E-state index is 13.8. The maximum absolute atomic E-state index is 13.8. The molecule has 0 spiro atoms. The van der Waals surface area contributed by atoms with Crippen molar-refractivity contribution in [3.8, 4) is 0 Å². The van der Waals surface area contributed by atoms with Crippen LogP contribution in [-0.4, -0.2) is 29.6 Å². The van der Waals surface area contributed by atoms with Crippen molar-refractivity contribution in [2.45, 2.75) is 57.5 Å². The molecule has 30 heavy (non-hydrogen) atoms. The van der Waals surface area contributed by atoms with Gasteiger partial charge in [-0.3, -0.25) is 4.90 Å². The summed E-state index contributed by atoms with van der Waals surface area (Å²) >= 11 is 6.07. The molecule has 2 aliphatic rings. The summed E-state index contributed by atoms with van der Waals surface area (Å²) in [5, 5.41) is 0.00566. The zero-order chi connectivity index (χ0) is 21.4. The van der Waals surface area contributed by atoms with Crippen LogP contribution in [0.1, 0.15) is 51.0 Å². The van der Waals surface area contributed by atoms with Crippen molar-refractivity contribution >= 4 is 23.3 Å². The maximum Gasteiger partial charge on any atom is 0.325 e. The van der Waals surface area contributed by atoms with E-state index in [1.165, 1.54) is 24.3 Å². The fourth-order valence-corrected chi connectivity index (χ4v) is 5.20. The zero-order valence-corrected chi connectivity index (χ0v) is 18.1. The van der Waals surface area contributed by atoms with E-state index in [1.807, 2.05) is 17.0 Å². The molecule has 3 atom stereocenters. The second-order valence-electron chi connectivity index (χ2n) is 8.80. The van der Waals surface area contributed by atoms with Crippen LogP contribution in [0.4, 0.5) is 19.3 Å². The van der Waals surface area contributed by atoms with E-state index in [2.05, 4.69) is 13.8 Å². The van der Waals surface area contributed by atoms with Crippen LogP contribution in [0, 0.1) is 17.6 Å². The lowest BCUT2D eigenvalue weighted by atomic mass is 9.85. The number of halogens is 3. The Kier molecular flexibility index (Phi) is 6.01. The summed E-state index contributed by atoms with van der Waals surface area (Å²) in [6.07, 6.45) is 3.93. The molecular weight excluding hydrogens is 406 g/mol. The SMILES string of the molecule is CC(C)CN1C(=O)N(c2ccc(F)c(Cl)c2)[C@@H]2[C@H](c3ccc(F)cc3)CCCC[C@@H]21. The van der Waals surface area contributed by atoms with Gasteiger partial charge in [-0.15, -0.1) is 0 Å². The van der Waals surface area contributed by atoms with Crippen LogP contribution in [0.5, 0.6) is 0 Å². The zero-order valence-electron chi connectivity index (χ0n) is 17.3. The minimum atomic E-state index is -0.501. The third kappa shape index (κ3) is 3.92. The van der Waals surface area contributed by atoms with E-state index in [0.29, 0.717) is 18.2 Å². The van der Waals surface area contributed by atoms with Crippen molar-refractivity contribution in [3.63, 3.8) is 0 Å². The summed E-state index contributed by atoms with van der Waals surface area (Å²) in [6, 6.07) is 11.0. The van der Waals surface area contributed by atoms with Gasteiger partial charge in [0, 0.05) is 18.2 Å². The van der Waals surface area contributed by atoms with Crippen molar-refractivity contribution in [1.82, 2.24) is 4.90 Å². The topological polar surface area (TPSA) is 23.6 Å². The number of anilines is 1. The van der Waals surface area contributed by atoms with E-state index in [-0.39, 0.29) is 34.9 Å². The third-order valence-corrected chi connectivity index (χ3v) is 6.55. The number of hydrogen-bond acceptors (Lipinski definition) is 1. The van der Waals surface area contributed by atoms with Crippen LogP contribution < -0.4 is 4.90 Å². The second kappa shape index (κ2) is 8.54. The highest BCUT2D eigenvalue weighted by Gasteiger charge is 2.50. The highest BCUT2D eigenvalue weighted by Crippen LogP contribution is 2.44. The Labute approximate surface area is 181 Å². The molecule has 3 nitrogen and oxygen atoms in total. The molecular formula is C24H27ClF2N2O. The molecule has 0 unspecified atom stereocenters. The first kappa shape index (κ1) is 21.1. The standard InChI is InChI=1S/C24H27ClF2N2O/c1-15(2)14-28-22-6-4-3-5-19(16-7-9-17(26)10-8-16)23(22)29(24(28)30)18-11-12-21(27)20(25)13-18/h7-13,15,19,22-23H,3-6,14H2,1-2H3/t19-,22-,23+/m0/s1. The number of benzene rings is 2. The normalized spacial score (nSPS) is 24.3. The molecule has 2 aromatic carbocycles. The molecule has 0 N–H and O–H groups in total. The van der Waals surface area contributed by atoms with Crippen LogP contribution >= 0.6 is 11.6 Å². The van der Waals surface area contributed by atoms with E-state index >= 15 is 0 Å². The number of amides is 2. The van der Waals surface area contributed by atoms with Gasteiger partial charge >= 0.3 is 6.03 Å². The van der Waals surface area contributed by atoms with Crippen molar-refractivity contribution < 1.29 is 13.6 Å². The van der Waals surface area contributed by atoms with Gasteiger partial charge in [0.25, 0.3) is 0 Å². The summed E-state index contributed by atoms with van der Waals surface area (Å²) in [5.41, 5.74) is 1.65. The van der Waals surface area contributed by atoms with E-state index in [4.69, 9.17) is 11.6 Å². The first-order valence-electron chi connectivity index (χ1n) is 10.7. The van der Waals surface area contributed by atoms with Crippen molar-refractivity contribution in [3.05, 3.63) is 64.7 Å². The van der Waals surface area contributed by atoms with E-state index < -0.39 is 5.82 Å². The van der Waals surface area contributed by atoms with E-state index in [0.717, 1.165) is 31.2 Å². The molecule has 2 fully saturated rings. The molecule has 1 heterocycles. The van der Waals surface area contributed by atoms with Gasteiger partial charge in [-0.1, -0.05) is 50.4 Å². The predicted octanol–water partition coefficient (Wildman–Crippen LogP) is 6.61. The number of rotatable bonds is 4. The monoisotopic (exact) mass is 432 g/mol. The number of hydrogen-bond donors (Lipinski definition) is 0. The number of carbonyl (C=O) groups is 1. The smallest absolute Gasteiger partial charge is 0.319 e. The number of carbonyl (C=O) groups excluding carboxylic acids is 1. The van der Waals surface area contributed by atoms with Gasteiger partial charge < -0.3 is 4.90 Å². The quantitative estimate of drug-likeness (QED) is 0.533. The Balaban J connectivity index is 1.81. The minimum absolute atomic E-state index is 0.00566. The first-order valence-corrected chi connectivity index (χ1v) is 11.0. The molecule has 6 heteroatoms. The highest BCUT2D eigenvalue weighted by molar-refractivity contribution is 6.31. The minimum Gasteiger partial charge on any atom is -0.319 e. The lowest BCUT2D eigenvalue weighted by Gasteiger charge is -2.33. The number of fused-ring (bicyclic) bond motifs is 1. The van der Waals surface area contributed by atoms with Crippen LogP contribution in [0.2, 0.25) is 5.02 Å². The summed E-state index contributed by atoms with van der Waals surface area (Å²) in [4.78, 5) is 17.4. The van der Waals surface area contributed by atoms with Gasteiger partial charge in [0.2, 0.25) is 0 Å². The molecule has 4 rings (SSSR count). The Bertz CT molecular complexity index is 918. The van der Waals surface area contributed by atoms with Gasteiger partial charge in [-0.05, 0) is 54.7 Å². The molecule has 2 amide bonds. The van der Waals surface area contributed by atoms with Crippen LogP contribution in [0.15, 0.2) is 42.5 Å². The number of urea groups is 1. The Morgan fingerprint density at radius 2 is 1.77 bits per heavy atom. The van der Waals surface area contributed by atoms with Crippen LogP contribution in [-0.2, 0) is 0 Å². The van der Waals surface area contributed by atoms with Gasteiger partial charge in [0.1, 0.15) is 11.6 Å². The average molecular weight is 433 g/mol.